The first kappa shape index (κ1) is 15.6. The van der Waals surface area contributed by atoms with E-state index in [1.165, 1.54) is 10.1 Å². The van der Waals surface area contributed by atoms with Gasteiger partial charge in [-0.1, -0.05) is 0 Å². The molecule has 0 fully saturated rings. The molecule has 27 valence electrons. The van der Waals surface area contributed by atoms with Crippen LogP contribution in [0.2, 0.25) is 0 Å². The molecule has 5 heavy (non-hydrogen) atoms. The molecule has 0 saturated carbocycles. The van der Waals surface area contributed by atoms with Gasteiger partial charge in [0.05, 0.1) is 0 Å². The first-order chi connectivity index (χ1) is 1.41. The fourth-order valence-electron chi connectivity index (χ4n) is 0. The second kappa shape index (κ2) is 15.9. The van der Waals surface area contributed by atoms with Crippen LogP contribution < -0.4 is 0 Å². The number of rotatable bonds is 0. The predicted molar refractivity (Wildman–Crippen MR) is 43.3 cm³/mol. The molecule has 1 atom stereocenters. The molecule has 0 bridgehead atoms. The van der Waals surface area contributed by atoms with Crippen LogP contribution in [0.5, 0.6) is 0 Å². The standard InChI is InChI=1S/Al.BH5PSi.Sr.5H/c;2-1-3;;;;;;/h;2H2,3H3;;;;;;/q;;+2;;;;2*-1. The van der Waals surface area contributed by atoms with Gasteiger partial charge in [-0.25, -0.2) is 0 Å². The van der Waals surface area contributed by atoms with Gasteiger partial charge in [0.25, 0.3) is 0 Å². The maximum absolute atomic E-state index is 2.52. The van der Waals surface area contributed by atoms with E-state index in [2.05, 4.69) is 15.7 Å². The zero-order chi connectivity index (χ0) is 2.71. The van der Waals surface area contributed by atoms with E-state index in [1.807, 2.05) is 0 Å². The van der Waals surface area contributed by atoms with Gasteiger partial charge >= 0.3 is 45.5 Å². The maximum Gasteiger partial charge on any atom is 2.00 e. The third-order valence-corrected chi connectivity index (χ3v) is 0. The molecule has 0 aliphatic carbocycles. The van der Waals surface area contributed by atoms with Crippen LogP contribution in [-0.2, 0) is 0 Å². The van der Waals surface area contributed by atoms with E-state index in [9.17, 15) is 0 Å². The molecular weight excluding hydrogens is 184 g/mol. The second-order valence-electron chi connectivity index (χ2n) is 0.333. The minimum atomic E-state index is 0. The van der Waals surface area contributed by atoms with E-state index in [0.717, 1.165) is 0 Å². The normalized spacial score (nSPS) is 3.40. The molecule has 0 rings (SSSR count). The smallest absolute Gasteiger partial charge is 1.00 e. The van der Waals surface area contributed by atoms with Crippen molar-refractivity contribution in [2.24, 2.45) is 0 Å². The van der Waals surface area contributed by atoms with Gasteiger partial charge in [0.2, 0.25) is 0 Å². The molecule has 0 aromatic heterocycles. The van der Waals surface area contributed by atoms with Crippen molar-refractivity contribution in [2.45, 2.75) is 0 Å². The number of hydrogen-bond acceptors (Lipinski definition) is 0. The summed E-state index contributed by atoms with van der Waals surface area (Å²) in [7, 11) is 3.72. The van der Waals surface area contributed by atoms with E-state index in [4.69, 9.17) is 0 Å². The Labute approximate surface area is 90.0 Å². The summed E-state index contributed by atoms with van der Waals surface area (Å²) in [5.74, 6) is 0. The average molecular weight is 195 g/mol. The summed E-state index contributed by atoms with van der Waals surface area (Å²) in [6.45, 7) is 2.06. The quantitative estimate of drug-likeness (QED) is 0.294. The van der Waals surface area contributed by atoms with Crippen LogP contribution in [0.15, 0.2) is 0 Å². The topological polar surface area (TPSA) is 0 Å². The number of hydrogen-bond donors (Lipinski definition) is 0. The molecule has 0 amide bonds. The van der Waals surface area contributed by atoms with Gasteiger partial charge in [-0.2, -0.15) is 9.12 Å². The van der Waals surface area contributed by atoms with E-state index in [0.29, 0.717) is 0 Å². The van der Waals surface area contributed by atoms with Crippen molar-refractivity contribution in [3.8, 4) is 0 Å². The fourth-order valence-corrected chi connectivity index (χ4v) is 0. The van der Waals surface area contributed by atoms with Gasteiger partial charge in [0.1, 0.15) is 6.59 Å². The van der Waals surface area contributed by atoms with Crippen molar-refractivity contribution in [1.82, 2.24) is 0 Å². The van der Waals surface area contributed by atoms with Crippen molar-refractivity contribution in [3.63, 3.8) is 0 Å². The Bertz CT molecular complexity index is 17.7. The summed E-state index contributed by atoms with van der Waals surface area (Å²) in [6.07, 6.45) is 0. The van der Waals surface area contributed by atoms with E-state index < -0.39 is 0 Å². The molecule has 0 N–H and O–H groups in total. The van der Waals surface area contributed by atoms with Crippen LogP contribution in [0.4, 0.5) is 0 Å². The third kappa shape index (κ3) is 20.2. The minimum absolute atomic E-state index is 0. The first-order valence-electron chi connectivity index (χ1n) is 0.911. The Morgan fingerprint density at radius 1 is 1.80 bits per heavy atom. The van der Waals surface area contributed by atoms with Crippen LogP contribution in [0, 0.1) is 0 Å². The van der Waals surface area contributed by atoms with Crippen LogP contribution in [-0.4, -0.2) is 79.5 Å². The predicted octanol–water partition coefficient (Wildman–Crippen LogP) is -2.58. The summed E-state index contributed by atoms with van der Waals surface area (Å²) >= 11 is 0. The van der Waals surface area contributed by atoms with Crippen molar-refractivity contribution in [3.05, 3.63) is 0 Å². The molecule has 0 nitrogen and oxygen atoms in total. The fraction of sp³-hybridized carbons (Fsp3) is 0. The summed E-state index contributed by atoms with van der Waals surface area (Å²) in [5.41, 5.74) is 0. The first-order valence-corrected chi connectivity index (χ1v) is 2.73. The maximum atomic E-state index is 2.52. The molecule has 0 aromatic carbocycles. The van der Waals surface area contributed by atoms with Gasteiger partial charge in [0.15, 0.2) is 17.4 Å². The Hall–Kier alpha value is 2.72. The molecular formula is H10AlBPSiSr. The van der Waals surface area contributed by atoms with Crippen LogP contribution in [0.3, 0.4) is 0 Å². The molecule has 0 saturated heterocycles. The molecule has 0 aromatic rings. The molecule has 1 radical (unpaired) electrons. The van der Waals surface area contributed by atoms with Crippen molar-refractivity contribution >= 4 is 88.7 Å². The van der Waals surface area contributed by atoms with Gasteiger partial charge < -0.3 is 2.85 Å². The van der Waals surface area contributed by atoms with E-state index >= 15 is 0 Å². The Morgan fingerprint density at radius 2 is 1.80 bits per heavy atom. The molecule has 1 unspecified atom stereocenters. The average Bonchev–Trinajstić information content (AvgIpc) is 0.918. The second-order valence-corrected chi connectivity index (χ2v) is 3.00. The Balaban J connectivity index is -0.00000000333. The van der Waals surface area contributed by atoms with Gasteiger partial charge in [-0.15, -0.1) is 0 Å². The van der Waals surface area contributed by atoms with Gasteiger partial charge in [-0.3, -0.25) is 0 Å². The SMILES string of the molecule is [AlH3].[H-].[H-].[SiH3][B]P.[Sr+2]. The monoisotopic (exact) mass is 195 g/mol. The van der Waals surface area contributed by atoms with Crippen molar-refractivity contribution in [1.29, 1.82) is 0 Å². The molecule has 0 aliphatic rings. The summed E-state index contributed by atoms with van der Waals surface area (Å²) in [6, 6.07) is 0. The van der Waals surface area contributed by atoms with Crippen LogP contribution >= 0.6 is 9.12 Å². The molecule has 0 aliphatic heterocycles. The molecule has 5 heteroatoms. The van der Waals surface area contributed by atoms with E-state index in [-0.39, 0.29) is 65.7 Å². The van der Waals surface area contributed by atoms with Crippen molar-refractivity contribution < 1.29 is 2.85 Å². The Morgan fingerprint density at radius 3 is 1.80 bits per heavy atom. The van der Waals surface area contributed by atoms with Gasteiger partial charge in [0, 0.05) is 0 Å². The summed E-state index contributed by atoms with van der Waals surface area (Å²) < 4.78 is 0. The Kier molecular flexibility index (Phi) is 49.7. The summed E-state index contributed by atoms with van der Waals surface area (Å²) in [5, 5.41) is 0. The largest absolute Gasteiger partial charge is 2.00 e. The summed E-state index contributed by atoms with van der Waals surface area (Å²) in [4.78, 5) is 0. The van der Waals surface area contributed by atoms with Gasteiger partial charge in [-0.05, 0) is 10.1 Å². The molecule has 0 spiro atoms. The zero-order valence-electron chi connectivity index (χ0n) is 4.86. The van der Waals surface area contributed by atoms with Crippen LogP contribution in [0.25, 0.3) is 0 Å². The van der Waals surface area contributed by atoms with E-state index in [1.54, 1.807) is 0 Å². The minimum Gasteiger partial charge on any atom is -1.00 e. The molecule has 0 heterocycles. The van der Waals surface area contributed by atoms with Crippen LogP contribution in [0.1, 0.15) is 2.85 Å². The zero-order valence-corrected chi connectivity index (χ0v) is 9.49. The van der Waals surface area contributed by atoms with Crippen molar-refractivity contribution in [2.75, 3.05) is 0 Å². The third-order valence-electron chi connectivity index (χ3n) is 0.